The lowest BCUT2D eigenvalue weighted by molar-refractivity contribution is -0.124. The molecule has 0 unspecified atom stereocenters. The van der Waals surface area contributed by atoms with Gasteiger partial charge in [0.2, 0.25) is 15.9 Å². The first-order valence-corrected chi connectivity index (χ1v) is 11.6. The van der Waals surface area contributed by atoms with E-state index in [-0.39, 0.29) is 30.5 Å². The SMILES string of the molecule is O=C(NCCOc1ccc2ccccc2c1)[C@@H]1CCCN1S(=O)(=O)c1ccc(F)cc1. The number of halogens is 1. The van der Waals surface area contributed by atoms with Crippen molar-refractivity contribution < 1.29 is 22.3 Å². The molecule has 0 radical (unpaired) electrons. The minimum atomic E-state index is -3.87. The smallest absolute Gasteiger partial charge is 0.243 e. The van der Waals surface area contributed by atoms with E-state index >= 15 is 0 Å². The number of nitrogens with zero attached hydrogens (tertiary/aromatic N) is 1. The Bertz CT molecular complexity index is 1180. The van der Waals surface area contributed by atoms with Crippen LogP contribution in [0.15, 0.2) is 71.6 Å². The summed E-state index contributed by atoms with van der Waals surface area (Å²) in [6, 6.07) is 17.6. The Morgan fingerprint density at radius 1 is 1.06 bits per heavy atom. The second kappa shape index (κ2) is 9.03. The molecule has 1 aliphatic heterocycles. The molecule has 0 aromatic heterocycles. The molecule has 3 aromatic rings. The van der Waals surface area contributed by atoms with Crippen LogP contribution in [0, 0.1) is 5.82 Å². The van der Waals surface area contributed by atoms with Crippen molar-refractivity contribution in [1.82, 2.24) is 9.62 Å². The third-order valence-electron chi connectivity index (χ3n) is 5.32. The predicted molar refractivity (Wildman–Crippen MR) is 116 cm³/mol. The molecule has 8 heteroatoms. The second-order valence-corrected chi connectivity index (χ2v) is 9.27. The number of sulfonamides is 1. The van der Waals surface area contributed by atoms with Gasteiger partial charge < -0.3 is 10.1 Å². The fourth-order valence-electron chi connectivity index (χ4n) is 3.75. The van der Waals surface area contributed by atoms with Crippen LogP contribution in [0.4, 0.5) is 4.39 Å². The van der Waals surface area contributed by atoms with Crippen LogP contribution in [0.1, 0.15) is 12.8 Å². The molecule has 0 saturated carbocycles. The van der Waals surface area contributed by atoms with Crippen LogP contribution in [0.3, 0.4) is 0 Å². The number of carbonyl (C=O) groups is 1. The molecule has 4 rings (SSSR count). The molecule has 1 fully saturated rings. The van der Waals surface area contributed by atoms with Gasteiger partial charge in [0.1, 0.15) is 24.2 Å². The zero-order valence-electron chi connectivity index (χ0n) is 16.8. The average Bonchev–Trinajstić information content (AvgIpc) is 3.28. The summed E-state index contributed by atoms with van der Waals surface area (Å²) in [4.78, 5) is 12.6. The van der Waals surface area contributed by atoms with Crippen molar-refractivity contribution in [2.45, 2.75) is 23.8 Å². The Morgan fingerprint density at radius 2 is 1.81 bits per heavy atom. The Kier molecular flexibility index (Phi) is 6.20. The van der Waals surface area contributed by atoms with E-state index in [1.54, 1.807) is 0 Å². The van der Waals surface area contributed by atoms with Gasteiger partial charge in [0.15, 0.2) is 0 Å². The maximum absolute atomic E-state index is 13.1. The van der Waals surface area contributed by atoms with Crippen molar-refractivity contribution in [3.8, 4) is 5.75 Å². The van der Waals surface area contributed by atoms with E-state index in [2.05, 4.69) is 5.32 Å². The van der Waals surface area contributed by atoms with Gasteiger partial charge in [-0.25, -0.2) is 12.8 Å². The van der Waals surface area contributed by atoms with Gasteiger partial charge in [-0.2, -0.15) is 4.31 Å². The normalized spacial score (nSPS) is 17.0. The van der Waals surface area contributed by atoms with Crippen molar-refractivity contribution in [3.05, 3.63) is 72.5 Å². The van der Waals surface area contributed by atoms with Crippen molar-refractivity contribution in [2.75, 3.05) is 19.7 Å². The topological polar surface area (TPSA) is 75.7 Å². The molecule has 1 heterocycles. The van der Waals surface area contributed by atoms with Crippen molar-refractivity contribution in [1.29, 1.82) is 0 Å². The summed E-state index contributed by atoms with van der Waals surface area (Å²) in [7, 11) is -3.87. The lowest BCUT2D eigenvalue weighted by atomic mass is 10.1. The highest BCUT2D eigenvalue weighted by molar-refractivity contribution is 7.89. The minimum absolute atomic E-state index is 0.0202. The summed E-state index contributed by atoms with van der Waals surface area (Å²) in [5.74, 6) is -0.166. The Balaban J connectivity index is 1.33. The number of rotatable bonds is 7. The first kappa shape index (κ1) is 21.3. The predicted octanol–water partition coefficient (Wildman–Crippen LogP) is 3.33. The highest BCUT2D eigenvalue weighted by atomic mass is 32.2. The van der Waals surface area contributed by atoms with Gasteiger partial charge in [-0.05, 0) is 60.0 Å². The molecule has 1 N–H and O–H groups in total. The van der Waals surface area contributed by atoms with Crippen LogP contribution in [-0.4, -0.2) is 44.4 Å². The summed E-state index contributed by atoms with van der Waals surface area (Å²) in [5.41, 5.74) is 0. The molecule has 162 valence electrons. The van der Waals surface area contributed by atoms with Crippen LogP contribution < -0.4 is 10.1 Å². The van der Waals surface area contributed by atoms with E-state index in [1.807, 2.05) is 42.5 Å². The number of ether oxygens (including phenoxy) is 1. The maximum Gasteiger partial charge on any atom is 0.243 e. The largest absolute Gasteiger partial charge is 0.492 e. The zero-order chi connectivity index (χ0) is 21.8. The first-order valence-electron chi connectivity index (χ1n) is 10.1. The monoisotopic (exact) mass is 442 g/mol. The number of hydrogen-bond donors (Lipinski definition) is 1. The van der Waals surface area contributed by atoms with E-state index in [0.29, 0.717) is 18.6 Å². The van der Waals surface area contributed by atoms with Crippen LogP contribution in [0.2, 0.25) is 0 Å². The molecule has 1 atom stereocenters. The lowest BCUT2D eigenvalue weighted by Gasteiger charge is -2.23. The third-order valence-corrected chi connectivity index (χ3v) is 7.24. The summed E-state index contributed by atoms with van der Waals surface area (Å²) in [6.07, 6.45) is 1.03. The first-order chi connectivity index (χ1) is 14.9. The zero-order valence-corrected chi connectivity index (χ0v) is 17.6. The number of nitrogens with one attached hydrogen (secondary N) is 1. The maximum atomic E-state index is 13.1. The van der Waals surface area contributed by atoms with Crippen LogP contribution in [-0.2, 0) is 14.8 Å². The molecule has 6 nitrogen and oxygen atoms in total. The number of carbonyl (C=O) groups excluding carboxylic acids is 1. The summed E-state index contributed by atoms with van der Waals surface area (Å²) >= 11 is 0. The minimum Gasteiger partial charge on any atom is -0.492 e. The number of hydrogen-bond acceptors (Lipinski definition) is 4. The average molecular weight is 443 g/mol. The highest BCUT2D eigenvalue weighted by Crippen LogP contribution is 2.26. The number of fused-ring (bicyclic) bond motifs is 1. The Morgan fingerprint density at radius 3 is 2.58 bits per heavy atom. The fraction of sp³-hybridized carbons (Fsp3) is 0.261. The van der Waals surface area contributed by atoms with Crippen LogP contribution in [0.25, 0.3) is 10.8 Å². The molecule has 0 spiro atoms. The number of amides is 1. The molecular weight excluding hydrogens is 419 g/mol. The second-order valence-electron chi connectivity index (χ2n) is 7.38. The molecule has 3 aromatic carbocycles. The van der Waals surface area contributed by atoms with Gasteiger partial charge >= 0.3 is 0 Å². The molecule has 1 aliphatic rings. The lowest BCUT2D eigenvalue weighted by Crippen LogP contribution is -2.46. The van der Waals surface area contributed by atoms with E-state index in [9.17, 15) is 17.6 Å². The highest BCUT2D eigenvalue weighted by Gasteiger charge is 2.39. The van der Waals surface area contributed by atoms with Crippen LogP contribution >= 0.6 is 0 Å². The Labute approximate surface area is 180 Å². The molecule has 0 bridgehead atoms. The van der Waals surface area contributed by atoms with Gasteiger partial charge in [0.25, 0.3) is 0 Å². The summed E-state index contributed by atoms with van der Waals surface area (Å²) < 4.78 is 45.8. The van der Waals surface area contributed by atoms with E-state index in [0.717, 1.165) is 22.9 Å². The van der Waals surface area contributed by atoms with Gasteiger partial charge in [-0.1, -0.05) is 30.3 Å². The van der Waals surface area contributed by atoms with Gasteiger partial charge in [-0.15, -0.1) is 0 Å². The van der Waals surface area contributed by atoms with Gasteiger partial charge in [-0.3, -0.25) is 4.79 Å². The van der Waals surface area contributed by atoms with Gasteiger partial charge in [0, 0.05) is 6.54 Å². The standard InChI is InChI=1S/C23H23FN2O4S/c24-19-8-11-21(12-9-19)31(28,29)26-14-3-6-22(26)23(27)25-13-15-30-20-10-7-17-4-1-2-5-18(17)16-20/h1-2,4-5,7-12,16,22H,3,6,13-15H2,(H,25,27)/t22-/m0/s1. The van der Waals surface area contributed by atoms with Crippen LogP contribution in [0.5, 0.6) is 5.75 Å². The molecular formula is C23H23FN2O4S. The molecule has 1 saturated heterocycles. The quantitative estimate of drug-likeness (QED) is 0.570. The Hall–Kier alpha value is -2.97. The number of benzene rings is 3. The van der Waals surface area contributed by atoms with E-state index in [1.165, 1.54) is 16.4 Å². The van der Waals surface area contributed by atoms with Crippen molar-refractivity contribution in [3.63, 3.8) is 0 Å². The molecule has 0 aliphatic carbocycles. The molecule has 31 heavy (non-hydrogen) atoms. The van der Waals surface area contributed by atoms with E-state index < -0.39 is 21.9 Å². The van der Waals surface area contributed by atoms with Crippen molar-refractivity contribution in [2.24, 2.45) is 0 Å². The third kappa shape index (κ3) is 4.70. The van der Waals surface area contributed by atoms with Crippen molar-refractivity contribution >= 4 is 26.7 Å². The fourth-order valence-corrected chi connectivity index (χ4v) is 5.41. The molecule has 1 amide bonds. The summed E-state index contributed by atoms with van der Waals surface area (Å²) in [6.45, 7) is 0.777. The van der Waals surface area contributed by atoms with E-state index in [4.69, 9.17) is 4.74 Å². The van der Waals surface area contributed by atoms with Gasteiger partial charge in [0.05, 0.1) is 11.4 Å². The summed E-state index contributed by atoms with van der Waals surface area (Å²) in [5, 5.41) is 4.95.